The van der Waals surface area contributed by atoms with Crippen LogP contribution >= 0.6 is 0 Å². The van der Waals surface area contributed by atoms with Crippen LogP contribution < -0.4 is 15.5 Å². The van der Waals surface area contributed by atoms with E-state index in [2.05, 4.69) is 10.6 Å². The number of nitrogens with one attached hydrogen (secondary N) is 2. The molecule has 3 aliphatic rings. The normalized spacial score (nSPS) is 19.9. The highest BCUT2D eigenvalue weighted by molar-refractivity contribution is 6.06. The van der Waals surface area contributed by atoms with E-state index in [0.29, 0.717) is 35.2 Å². The van der Waals surface area contributed by atoms with Crippen molar-refractivity contribution >= 4 is 35.1 Å². The highest BCUT2D eigenvalue weighted by Gasteiger charge is 2.39. The van der Waals surface area contributed by atoms with Crippen LogP contribution in [-0.2, 0) is 28.7 Å². The monoisotopic (exact) mass is 486 g/mol. The number of anilines is 2. The summed E-state index contributed by atoms with van der Waals surface area (Å²) < 4.78 is 39.6. The number of fused-ring (bicyclic) bond motifs is 2. The molecule has 3 heterocycles. The number of imide groups is 1. The quantitative estimate of drug-likeness (QED) is 0.636. The maximum Gasteiger partial charge on any atom is 0.416 e. The molecule has 0 aliphatic carbocycles. The summed E-state index contributed by atoms with van der Waals surface area (Å²) in [6.07, 6.45) is -2.94. The van der Waals surface area contributed by atoms with E-state index >= 15 is 0 Å². The number of carbonyl (C=O) groups excluding carboxylic acids is 4. The summed E-state index contributed by atoms with van der Waals surface area (Å²) in [5.41, 5.74) is 1.45. The Morgan fingerprint density at radius 2 is 1.83 bits per heavy atom. The van der Waals surface area contributed by atoms with Crippen molar-refractivity contribution in [1.82, 2.24) is 10.2 Å². The zero-order chi connectivity index (χ0) is 24.9. The van der Waals surface area contributed by atoms with Crippen LogP contribution in [0.5, 0.6) is 0 Å². The number of hydrogen-bond acceptors (Lipinski definition) is 4. The number of benzene rings is 2. The van der Waals surface area contributed by atoms with Crippen molar-refractivity contribution in [2.75, 3.05) is 16.8 Å². The molecule has 1 saturated heterocycles. The maximum absolute atomic E-state index is 13.2. The van der Waals surface area contributed by atoms with E-state index in [4.69, 9.17) is 0 Å². The lowest BCUT2D eigenvalue weighted by Gasteiger charge is -2.30. The molecule has 0 saturated carbocycles. The highest BCUT2D eigenvalue weighted by Crippen LogP contribution is 2.36. The molecule has 2 N–H and O–H groups in total. The predicted molar refractivity (Wildman–Crippen MR) is 119 cm³/mol. The average Bonchev–Trinajstić information content (AvgIpc) is 3.13. The number of amides is 5. The second-order valence-corrected chi connectivity index (χ2v) is 8.80. The van der Waals surface area contributed by atoms with Crippen LogP contribution in [0, 0.1) is 0 Å². The van der Waals surface area contributed by atoms with Crippen LogP contribution in [0.15, 0.2) is 36.4 Å². The van der Waals surface area contributed by atoms with Crippen molar-refractivity contribution in [3.63, 3.8) is 0 Å². The molecule has 182 valence electrons. The number of aryl methyl sites for hydroxylation is 1. The Hall–Kier alpha value is -3.89. The van der Waals surface area contributed by atoms with Crippen molar-refractivity contribution in [3.8, 4) is 0 Å². The molecule has 0 radical (unpaired) electrons. The topological polar surface area (TPSA) is 98.8 Å². The second-order valence-electron chi connectivity index (χ2n) is 8.80. The Balaban J connectivity index is 1.34. The van der Waals surface area contributed by atoms with Gasteiger partial charge in [0.1, 0.15) is 6.04 Å². The van der Waals surface area contributed by atoms with Gasteiger partial charge >= 0.3 is 12.2 Å². The van der Waals surface area contributed by atoms with E-state index in [0.717, 1.165) is 12.1 Å². The van der Waals surface area contributed by atoms with Crippen LogP contribution in [0.3, 0.4) is 0 Å². The standard InChI is InChI=1S/C24H21F3N4O4/c25-24(26,27)15-4-3-13-2-1-9-30(19(13)11-15)23(35)28-16-5-6-17-14(10-16)12-31(22(17)34)18-7-8-20(32)29-21(18)33/h3-6,10-11,18H,1-2,7-9,12H2,(H,28,35)(H,29,32,33). The molecule has 8 nitrogen and oxygen atoms in total. The summed E-state index contributed by atoms with van der Waals surface area (Å²) in [5, 5.41) is 4.96. The number of halogens is 3. The molecule has 1 unspecified atom stereocenters. The third-order valence-corrected chi connectivity index (χ3v) is 6.55. The lowest BCUT2D eigenvalue weighted by atomic mass is 9.99. The second kappa shape index (κ2) is 8.40. The highest BCUT2D eigenvalue weighted by atomic mass is 19.4. The zero-order valence-electron chi connectivity index (χ0n) is 18.4. The molecule has 5 rings (SSSR count). The SMILES string of the molecule is O=C1CCC(N2Cc3cc(NC(=O)N4CCCc5ccc(C(F)(F)F)cc54)ccc3C2=O)C(=O)N1. The molecule has 11 heteroatoms. The van der Waals surface area contributed by atoms with Gasteiger partial charge in [0.15, 0.2) is 0 Å². The molecule has 0 aromatic heterocycles. The van der Waals surface area contributed by atoms with Crippen LogP contribution in [0.4, 0.5) is 29.3 Å². The van der Waals surface area contributed by atoms with Crippen molar-refractivity contribution in [3.05, 3.63) is 58.7 Å². The van der Waals surface area contributed by atoms with Gasteiger partial charge in [-0.2, -0.15) is 13.2 Å². The fraction of sp³-hybridized carbons (Fsp3) is 0.333. The fourth-order valence-corrected chi connectivity index (χ4v) is 4.81. The Morgan fingerprint density at radius 3 is 2.57 bits per heavy atom. The van der Waals surface area contributed by atoms with Gasteiger partial charge in [-0.3, -0.25) is 24.6 Å². The van der Waals surface area contributed by atoms with Crippen molar-refractivity contribution < 1.29 is 32.3 Å². The minimum absolute atomic E-state index is 0.144. The van der Waals surface area contributed by atoms with Gasteiger partial charge in [0, 0.05) is 36.4 Å². The number of carbonyl (C=O) groups is 4. The van der Waals surface area contributed by atoms with E-state index in [1.807, 2.05) is 0 Å². The number of piperidine rings is 1. The van der Waals surface area contributed by atoms with Crippen LogP contribution in [0.1, 0.15) is 46.3 Å². The summed E-state index contributed by atoms with van der Waals surface area (Å²) in [4.78, 5) is 52.2. The third-order valence-electron chi connectivity index (χ3n) is 6.55. The summed E-state index contributed by atoms with van der Waals surface area (Å²) in [6.45, 7) is 0.415. The van der Waals surface area contributed by atoms with Crippen molar-refractivity contribution in [2.24, 2.45) is 0 Å². The largest absolute Gasteiger partial charge is 0.416 e. The molecule has 0 spiro atoms. The molecule has 2 aromatic carbocycles. The molecule has 3 aliphatic heterocycles. The Labute approximate surface area is 198 Å². The van der Waals surface area contributed by atoms with Gasteiger partial charge in [-0.15, -0.1) is 0 Å². The minimum atomic E-state index is -4.52. The van der Waals surface area contributed by atoms with Gasteiger partial charge in [0.25, 0.3) is 5.91 Å². The molecular weight excluding hydrogens is 465 g/mol. The van der Waals surface area contributed by atoms with Crippen molar-refractivity contribution in [1.29, 1.82) is 0 Å². The predicted octanol–water partition coefficient (Wildman–Crippen LogP) is 3.45. The fourth-order valence-electron chi connectivity index (χ4n) is 4.81. The Bertz CT molecular complexity index is 1260. The third kappa shape index (κ3) is 4.22. The number of urea groups is 1. The van der Waals surface area contributed by atoms with Crippen LogP contribution in [0.2, 0.25) is 0 Å². The Kier molecular flexibility index (Phi) is 5.49. The molecule has 0 bridgehead atoms. The van der Waals surface area contributed by atoms with E-state index in [1.54, 1.807) is 18.2 Å². The van der Waals surface area contributed by atoms with E-state index in [-0.39, 0.29) is 43.4 Å². The van der Waals surface area contributed by atoms with Gasteiger partial charge in [-0.05, 0) is 60.7 Å². The summed E-state index contributed by atoms with van der Waals surface area (Å²) >= 11 is 0. The van der Waals surface area contributed by atoms with Gasteiger partial charge in [-0.25, -0.2) is 4.79 Å². The van der Waals surface area contributed by atoms with Gasteiger partial charge < -0.3 is 10.2 Å². The first-order chi connectivity index (χ1) is 16.6. The number of rotatable bonds is 2. The molecule has 1 atom stereocenters. The summed E-state index contributed by atoms with van der Waals surface area (Å²) in [7, 11) is 0. The number of alkyl halides is 3. The number of nitrogens with zero attached hydrogens (tertiary/aromatic N) is 2. The van der Waals surface area contributed by atoms with Crippen LogP contribution in [-0.4, -0.2) is 41.2 Å². The molecule has 2 aromatic rings. The lowest BCUT2D eigenvalue weighted by molar-refractivity contribution is -0.138. The van der Waals surface area contributed by atoms with Crippen LogP contribution in [0.25, 0.3) is 0 Å². The molecule has 35 heavy (non-hydrogen) atoms. The summed E-state index contributed by atoms with van der Waals surface area (Å²) in [6, 6.07) is 6.80. The first kappa shape index (κ1) is 22.9. The minimum Gasteiger partial charge on any atom is -0.322 e. The molecular formula is C24H21F3N4O4. The number of hydrogen-bond donors (Lipinski definition) is 2. The average molecular weight is 486 g/mol. The van der Waals surface area contributed by atoms with E-state index < -0.39 is 29.7 Å². The maximum atomic E-state index is 13.2. The smallest absolute Gasteiger partial charge is 0.322 e. The van der Waals surface area contributed by atoms with E-state index in [9.17, 15) is 32.3 Å². The molecule has 5 amide bonds. The van der Waals surface area contributed by atoms with Gasteiger partial charge in [0.2, 0.25) is 11.8 Å². The molecule has 1 fully saturated rings. The first-order valence-electron chi connectivity index (χ1n) is 11.2. The summed E-state index contributed by atoms with van der Waals surface area (Å²) in [5.74, 6) is -1.23. The Morgan fingerprint density at radius 1 is 1.03 bits per heavy atom. The zero-order valence-corrected chi connectivity index (χ0v) is 18.4. The van der Waals surface area contributed by atoms with Gasteiger partial charge in [0.05, 0.1) is 5.56 Å². The van der Waals surface area contributed by atoms with Gasteiger partial charge in [-0.1, -0.05) is 6.07 Å². The first-order valence-corrected chi connectivity index (χ1v) is 11.2. The lowest BCUT2D eigenvalue weighted by Crippen LogP contribution is -2.52. The van der Waals surface area contributed by atoms with Crippen molar-refractivity contribution in [2.45, 2.75) is 44.4 Å². The van der Waals surface area contributed by atoms with E-state index in [1.165, 1.54) is 15.9 Å².